The van der Waals surface area contributed by atoms with Crippen LogP contribution in [0, 0.1) is 0 Å². The molecular weight excluding hydrogens is 519 g/mol. The van der Waals surface area contributed by atoms with Crippen LogP contribution in [0.4, 0.5) is 0 Å². The first-order valence-corrected chi connectivity index (χ1v) is 10.2. The lowest BCUT2D eigenvalue weighted by Gasteiger charge is -2.26. The molecule has 0 aliphatic carbocycles. The molecule has 0 bridgehead atoms. The van der Waals surface area contributed by atoms with Gasteiger partial charge in [-0.1, -0.05) is 0 Å². The number of aliphatic carboxylic acids is 3. The van der Waals surface area contributed by atoms with E-state index in [1.165, 1.54) is 0 Å². The Morgan fingerprint density at radius 3 is 1.88 bits per heavy atom. The number of carboxylic acids is 3. The van der Waals surface area contributed by atoms with E-state index in [0.29, 0.717) is 0 Å². The third-order valence-corrected chi connectivity index (χ3v) is 3.84. The Kier molecular flexibility index (Phi) is 12.5. The van der Waals surface area contributed by atoms with Crippen LogP contribution in [0.2, 0.25) is 0 Å². The first kappa shape index (κ1) is 31.8. The molecule has 0 spiro atoms. The summed E-state index contributed by atoms with van der Waals surface area (Å²) in [5.74, 6) is -10.1. The molecular formula is C11H16ClO18PS. The van der Waals surface area contributed by atoms with Gasteiger partial charge in [-0.3, -0.25) is 18.7 Å². The van der Waals surface area contributed by atoms with Gasteiger partial charge in [-0.05, 0) is 0 Å². The number of phosphoric acid groups is 1. The maximum absolute atomic E-state index is 12.0. The Morgan fingerprint density at radius 2 is 1.50 bits per heavy atom. The van der Waals surface area contributed by atoms with Gasteiger partial charge in [0, 0.05) is 0 Å². The van der Waals surface area contributed by atoms with Crippen molar-refractivity contribution in [3.8, 4) is 0 Å². The summed E-state index contributed by atoms with van der Waals surface area (Å²) in [5.41, 5.74) is -3.41. The molecule has 32 heavy (non-hydrogen) atoms. The van der Waals surface area contributed by atoms with Crippen LogP contribution in [0.15, 0.2) is 0 Å². The van der Waals surface area contributed by atoms with Crippen molar-refractivity contribution in [1.82, 2.24) is 0 Å². The molecule has 21 heteroatoms. The largest absolute Gasteiger partial charge is 0.481 e. The van der Waals surface area contributed by atoms with E-state index in [-0.39, 0.29) is 12.4 Å². The van der Waals surface area contributed by atoms with E-state index in [0.717, 1.165) is 0 Å². The molecule has 186 valence electrons. The number of esters is 2. The lowest BCUT2D eigenvalue weighted by Crippen LogP contribution is -2.47. The van der Waals surface area contributed by atoms with Crippen molar-refractivity contribution >= 4 is 60.5 Å². The van der Waals surface area contributed by atoms with Crippen molar-refractivity contribution in [2.75, 3.05) is 13.2 Å². The van der Waals surface area contributed by atoms with Crippen LogP contribution in [0.25, 0.3) is 0 Å². The zero-order valence-corrected chi connectivity index (χ0v) is 17.8. The van der Waals surface area contributed by atoms with Crippen LogP contribution in [-0.4, -0.2) is 92.8 Å². The van der Waals surface area contributed by atoms with Gasteiger partial charge in [-0.25, -0.2) is 23.1 Å². The van der Waals surface area contributed by atoms with Gasteiger partial charge < -0.3 is 34.6 Å². The summed E-state index contributed by atoms with van der Waals surface area (Å²) < 4.78 is 57.6. The number of carbonyl (C=O) groups is 5. The van der Waals surface area contributed by atoms with Crippen molar-refractivity contribution in [2.45, 2.75) is 24.5 Å². The number of hydrogen-bond acceptors (Lipinski definition) is 12. The summed E-state index contributed by atoms with van der Waals surface area (Å²) >= 11 is 0. The van der Waals surface area contributed by atoms with Crippen LogP contribution in [-0.2, 0) is 57.1 Å². The molecule has 0 saturated carbocycles. The molecule has 0 aliphatic heterocycles. The molecule has 0 amide bonds. The Labute approximate surface area is 183 Å². The summed E-state index contributed by atoms with van der Waals surface area (Å²) in [5, 5.41) is 26.3. The van der Waals surface area contributed by atoms with Crippen LogP contribution in [0.1, 0.15) is 12.8 Å². The summed E-state index contributed by atoms with van der Waals surface area (Å²) in [6.45, 7) is -2.42. The highest BCUT2D eigenvalue weighted by atomic mass is 35.5. The Hall–Kier alpha value is -2.38. The van der Waals surface area contributed by atoms with E-state index in [2.05, 4.69) is 18.2 Å². The fourth-order valence-corrected chi connectivity index (χ4v) is 2.69. The van der Waals surface area contributed by atoms with Crippen molar-refractivity contribution in [3.05, 3.63) is 0 Å². The Balaban J connectivity index is 0. The van der Waals surface area contributed by atoms with E-state index in [1.54, 1.807) is 0 Å². The molecule has 0 heterocycles. The zero-order valence-electron chi connectivity index (χ0n) is 15.3. The molecule has 0 radical (unpaired) electrons. The summed E-state index contributed by atoms with van der Waals surface area (Å²) in [6.07, 6.45) is -5.37. The summed E-state index contributed by atoms with van der Waals surface area (Å²) in [7, 11) is -10.8. The average molecular weight is 535 g/mol. The highest BCUT2D eigenvalue weighted by Gasteiger charge is 2.49. The first-order valence-electron chi connectivity index (χ1n) is 7.30. The highest BCUT2D eigenvalue weighted by Crippen LogP contribution is 2.36. The zero-order chi connectivity index (χ0) is 24.6. The van der Waals surface area contributed by atoms with Crippen molar-refractivity contribution < 1.29 is 84.8 Å². The second kappa shape index (κ2) is 12.6. The molecule has 0 aromatic rings. The molecule has 0 saturated heterocycles. The molecule has 0 rings (SSSR count). The van der Waals surface area contributed by atoms with E-state index in [4.69, 9.17) is 29.7 Å². The third kappa shape index (κ3) is 13.1. The molecule has 6 N–H and O–H groups in total. The second-order valence-electron chi connectivity index (χ2n) is 5.36. The van der Waals surface area contributed by atoms with Crippen LogP contribution in [0.5, 0.6) is 0 Å². The predicted molar refractivity (Wildman–Crippen MR) is 93.6 cm³/mol. The van der Waals surface area contributed by atoms with E-state index < -0.39 is 85.8 Å². The van der Waals surface area contributed by atoms with Gasteiger partial charge in [0.15, 0.2) is 6.10 Å². The van der Waals surface area contributed by atoms with E-state index >= 15 is 0 Å². The van der Waals surface area contributed by atoms with Gasteiger partial charge >= 0.3 is 48.1 Å². The Bertz CT molecular complexity index is 877. The third-order valence-electron chi connectivity index (χ3n) is 2.82. The van der Waals surface area contributed by atoms with Crippen molar-refractivity contribution in [3.63, 3.8) is 0 Å². The molecule has 18 nitrogen and oxygen atoms in total. The number of rotatable bonds is 13. The fourth-order valence-electron chi connectivity index (χ4n) is 1.74. The minimum absolute atomic E-state index is 0. The number of ether oxygens (including phenoxy) is 2. The van der Waals surface area contributed by atoms with Gasteiger partial charge in [0.05, 0.1) is 19.4 Å². The van der Waals surface area contributed by atoms with Gasteiger partial charge in [-0.2, -0.15) is 8.42 Å². The van der Waals surface area contributed by atoms with Crippen LogP contribution in [0.3, 0.4) is 0 Å². The van der Waals surface area contributed by atoms with Crippen LogP contribution < -0.4 is 0 Å². The summed E-state index contributed by atoms with van der Waals surface area (Å²) in [4.78, 5) is 72.8. The standard InChI is InChI=1S/C11H15O18PS.ClH/c12-6(13)1-11(10(18)19,29-31(23,24)25)2-7(14)28-5(4-27-30(20,21)22)3-26-9(17)8(15)16;/h5H,1-4H2,(H,12,13)(H,15,16)(H,18,19)(H2,20,21,22)(H,23,24,25);1H. The molecule has 2 unspecified atom stereocenters. The topological polar surface area (TPSA) is 295 Å². The van der Waals surface area contributed by atoms with Gasteiger partial charge in [0.2, 0.25) is 5.60 Å². The Morgan fingerprint density at radius 1 is 0.969 bits per heavy atom. The van der Waals surface area contributed by atoms with Gasteiger partial charge in [0.1, 0.15) is 6.61 Å². The normalized spacial score (nSPS) is 14.2. The van der Waals surface area contributed by atoms with Gasteiger partial charge in [0.25, 0.3) is 0 Å². The molecule has 0 fully saturated rings. The quantitative estimate of drug-likeness (QED) is 0.0618. The fraction of sp³-hybridized carbons (Fsp3) is 0.545. The number of phosphoric ester groups is 1. The maximum Gasteiger partial charge on any atom is 0.469 e. The molecule has 2 atom stereocenters. The molecule has 0 aliphatic rings. The SMILES string of the molecule is Cl.O=C(O)CC(CC(=O)OC(COC(=O)C(=O)O)COP(=O)(O)O)(OS(=O)(=O)O)C(=O)O. The second-order valence-corrected chi connectivity index (χ2v) is 7.62. The number of carboxylic acid groups (broad SMARTS) is 3. The maximum atomic E-state index is 12.0. The van der Waals surface area contributed by atoms with Crippen molar-refractivity contribution in [1.29, 1.82) is 0 Å². The average Bonchev–Trinajstić information content (AvgIpc) is 2.53. The minimum atomic E-state index is -5.62. The lowest BCUT2D eigenvalue weighted by molar-refractivity contribution is -0.175. The molecule has 0 aromatic heterocycles. The van der Waals surface area contributed by atoms with Crippen LogP contribution >= 0.6 is 20.2 Å². The number of halogens is 1. The summed E-state index contributed by atoms with van der Waals surface area (Å²) in [6, 6.07) is 0. The first-order chi connectivity index (χ1) is 13.9. The predicted octanol–water partition coefficient (Wildman–Crippen LogP) is -2.44. The number of hydrogen-bond donors (Lipinski definition) is 6. The molecule has 0 aromatic carbocycles. The van der Waals surface area contributed by atoms with Gasteiger partial charge in [-0.15, -0.1) is 12.4 Å². The highest BCUT2D eigenvalue weighted by molar-refractivity contribution is 7.81. The van der Waals surface area contributed by atoms with E-state index in [9.17, 15) is 37.0 Å². The monoisotopic (exact) mass is 534 g/mol. The minimum Gasteiger partial charge on any atom is -0.481 e. The van der Waals surface area contributed by atoms with E-state index in [1.807, 2.05) is 0 Å². The number of carbonyl (C=O) groups excluding carboxylic acids is 2. The van der Waals surface area contributed by atoms with Crippen molar-refractivity contribution in [2.24, 2.45) is 0 Å². The lowest BCUT2D eigenvalue weighted by atomic mass is 9.96. The smallest absolute Gasteiger partial charge is 0.469 e.